The number of aromatic nitrogens is 1. The van der Waals surface area contributed by atoms with Crippen LogP contribution in [0.3, 0.4) is 0 Å². The Labute approximate surface area is 90.2 Å². The molecule has 0 bridgehead atoms. The first-order valence-electron chi connectivity index (χ1n) is 3.27. The zero-order valence-electron chi connectivity index (χ0n) is 6.40. The Balaban J connectivity index is 3.35. The van der Waals surface area contributed by atoms with E-state index in [1.807, 2.05) is 0 Å². The van der Waals surface area contributed by atoms with Crippen LogP contribution < -0.4 is 0 Å². The summed E-state index contributed by atoms with van der Waals surface area (Å²) >= 11 is 7.57. The third-order valence-corrected chi connectivity index (χ3v) is 2.33. The van der Waals surface area contributed by atoms with Crippen molar-refractivity contribution in [2.75, 3.05) is 0 Å². The summed E-state index contributed by atoms with van der Waals surface area (Å²) in [5.41, 5.74) is -1.38. The number of halogens is 5. The molecule has 0 spiro atoms. The van der Waals surface area contributed by atoms with Gasteiger partial charge in [-0.1, -0.05) is 0 Å². The summed E-state index contributed by atoms with van der Waals surface area (Å²) in [5, 5.41) is -1.08. The van der Waals surface area contributed by atoms with Crippen molar-refractivity contribution in [2.24, 2.45) is 0 Å². The second-order valence-corrected chi connectivity index (χ2v) is 3.40. The molecule has 1 aromatic rings. The van der Waals surface area contributed by atoms with Crippen LogP contribution in [0.1, 0.15) is 22.6 Å². The highest BCUT2D eigenvalue weighted by Gasteiger charge is 2.20. The molecule has 0 aliphatic carbocycles. The van der Waals surface area contributed by atoms with Gasteiger partial charge in [-0.3, -0.25) is 4.79 Å². The highest BCUT2D eigenvalue weighted by atomic mass is 79.9. The molecule has 0 radical (unpaired) electrons. The van der Waals surface area contributed by atoms with E-state index in [1.165, 1.54) is 0 Å². The first kappa shape index (κ1) is 11.5. The Morgan fingerprint density at radius 3 is 2.57 bits per heavy atom. The van der Waals surface area contributed by atoms with Gasteiger partial charge >= 0.3 is 0 Å². The molecular formula is C7H2BrClF3NO. The molecule has 0 saturated heterocycles. The molecule has 2 nitrogen and oxygen atoms in total. The Morgan fingerprint density at radius 2 is 2.14 bits per heavy atom. The van der Waals surface area contributed by atoms with Crippen LogP contribution in [-0.4, -0.2) is 10.2 Å². The number of alkyl halides is 2. The lowest BCUT2D eigenvalue weighted by molar-refractivity contribution is 0.107. The Bertz CT molecular complexity index is 385. The highest BCUT2D eigenvalue weighted by Crippen LogP contribution is 2.28. The van der Waals surface area contributed by atoms with Gasteiger partial charge in [-0.05, 0) is 27.5 Å². The van der Waals surface area contributed by atoms with Gasteiger partial charge in [0, 0.05) is 6.07 Å². The van der Waals surface area contributed by atoms with E-state index in [9.17, 15) is 18.0 Å². The molecule has 0 aliphatic rings. The number of hydrogen-bond donors (Lipinski definition) is 0. The Hall–Kier alpha value is -0.620. The lowest BCUT2D eigenvalue weighted by Crippen LogP contribution is -2.02. The van der Waals surface area contributed by atoms with Gasteiger partial charge in [-0.2, -0.15) is 0 Å². The topological polar surface area (TPSA) is 30.0 Å². The third-order valence-electron chi connectivity index (χ3n) is 1.35. The van der Waals surface area contributed by atoms with E-state index in [2.05, 4.69) is 20.9 Å². The van der Waals surface area contributed by atoms with Gasteiger partial charge in [-0.25, -0.2) is 18.2 Å². The van der Waals surface area contributed by atoms with Gasteiger partial charge in [0.25, 0.3) is 11.7 Å². The largest absolute Gasteiger partial charge is 0.281 e. The van der Waals surface area contributed by atoms with E-state index in [4.69, 9.17) is 11.6 Å². The van der Waals surface area contributed by atoms with Crippen molar-refractivity contribution in [1.82, 2.24) is 4.98 Å². The summed E-state index contributed by atoms with van der Waals surface area (Å²) < 4.78 is 36.9. The van der Waals surface area contributed by atoms with E-state index in [-0.39, 0.29) is 0 Å². The van der Waals surface area contributed by atoms with Crippen molar-refractivity contribution >= 4 is 32.8 Å². The molecule has 0 atom stereocenters. The van der Waals surface area contributed by atoms with Crippen molar-refractivity contribution in [2.45, 2.75) is 6.43 Å². The third kappa shape index (κ3) is 2.24. The van der Waals surface area contributed by atoms with Crippen LogP contribution in [-0.2, 0) is 0 Å². The van der Waals surface area contributed by atoms with Crippen molar-refractivity contribution in [1.29, 1.82) is 0 Å². The van der Waals surface area contributed by atoms with E-state index >= 15 is 0 Å². The summed E-state index contributed by atoms with van der Waals surface area (Å²) in [6.45, 7) is 0. The molecule has 1 aromatic heterocycles. The lowest BCUT2D eigenvalue weighted by atomic mass is 10.3. The zero-order chi connectivity index (χ0) is 10.9. The number of carbonyl (C=O) groups excluding carboxylic acids is 1. The van der Waals surface area contributed by atoms with Crippen LogP contribution in [0.25, 0.3) is 0 Å². The van der Waals surface area contributed by atoms with Crippen LogP contribution in [0.4, 0.5) is 13.2 Å². The predicted octanol–water partition coefficient (Wildman–Crippen LogP) is 3.30. The minimum Gasteiger partial charge on any atom is -0.274 e. The van der Waals surface area contributed by atoms with E-state index in [0.717, 1.165) is 0 Å². The highest BCUT2D eigenvalue weighted by molar-refractivity contribution is 9.10. The standard InChI is InChI=1S/C7H2BrClF3NO/c8-4-2(10)1-3(6(9)14)13-5(4)7(11)12/h1,7H. The Kier molecular flexibility index (Phi) is 3.49. The molecule has 0 unspecified atom stereocenters. The minimum absolute atomic E-state index is 0.464. The van der Waals surface area contributed by atoms with Gasteiger partial charge in [0.1, 0.15) is 17.2 Å². The molecule has 0 amide bonds. The smallest absolute Gasteiger partial charge is 0.274 e. The van der Waals surface area contributed by atoms with Gasteiger partial charge in [0.2, 0.25) is 0 Å². The minimum atomic E-state index is -2.98. The first-order valence-corrected chi connectivity index (χ1v) is 4.44. The van der Waals surface area contributed by atoms with Crippen LogP contribution in [0.15, 0.2) is 10.5 Å². The molecule has 76 valence electrons. The fourth-order valence-electron chi connectivity index (χ4n) is 0.762. The molecule has 0 N–H and O–H groups in total. The molecule has 0 saturated carbocycles. The molecule has 1 rings (SSSR count). The van der Waals surface area contributed by atoms with Crippen LogP contribution in [0.2, 0.25) is 0 Å². The fourth-order valence-corrected chi connectivity index (χ4v) is 1.24. The van der Waals surface area contributed by atoms with Gasteiger partial charge in [0.05, 0.1) is 4.47 Å². The lowest BCUT2D eigenvalue weighted by Gasteiger charge is -2.04. The van der Waals surface area contributed by atoms with Crippen LogP contribution >= 0.6 is 27.5 Å². The summed E-state index contributed by atoms with van der Waals surface area (Å²) in [7, 11) is 0. The number of pyridine rings is 1. The summed E-state index contributed by atoms with van der Waals surface area (Å²) in [6.07, 6.45) is -2.98. The molecule has 0 aromatic carbocycles. The van der Waals surface area contributed by atoms with Crippen molar-refractivity contribution in [3.05, 3.63) is 27.7 Å². The quantitative estimate of drug-likeness (QED) is 0.782. The second kappa shape index (κ2) is 4.27. The normalized spacial score (nSPS) is 10.7. The van der Waals surface area contributed by atoms with Crippen molar-refractivity contribution < 1.29 is 18.0 Å². The monoisotopic (exact) mass is 287 g/mol. The van der Waals surface area contributed by atoms with Gasteiger partial charge in [-0.15, -0.1) is 0 Å². The van der Waals surface area contributed by atoms with E-state index < -0.39 is 33.3 Å². The number of nitrogens with zero attached hydrogens (tertiary/aromatic N) is 1. The second-order valence-electron chi connectivity index (χ2n) is 2.26. The molecule has 7 heteroatoms. The maximum absolute atomic E-state index is 12.9. The van der Waals surface area contributed by atoms with E-state index in [1.54, 1.807) is 0 Å². The number of carbonyl (C=O) groups is 1. The maximum Gasteiger partial charge on any atom is 0.281 e. The van der Waals surface area contributed by atoms with Crippen LogP contribution in [0, 0.1) is 5.82 Å². The summed E-state index contributed by atoms with van der Waals surface area (Å²) in [4.78, 5) is 13.8. The SMILES string of the molecule is O=C(Cl)c1cc(F)c(Br)c(C(F)F)n1. The average Bonchev–Trinajstić information content (AvgIpc) is 2.08. The molecule has 0 fully saturated rings. The zero-order valence-corrected chi connectivity index (χ0v) is 8.74. The molecule has 14 heavy (non-hydrogen) atoms. The fraction of sp³-hybridized carbons (Fsp3) is 0.143. The maximum atomic E-state index is 12.9. The van der Waals surface area contributed by atoms with Gasteiger partial charge in [0.15, 0.2) is 0 Å². The molecule has 1 heterocycles. The van der Waals surface area contributed by atoms with Crippen LogP contribution in [0.5, 0.6) is 0 Å². The molecular weight excluding hydrogens is 286 g/mol. The van der Waals surface area contributed by atoms with Crippen molar-refractivity contribution in [3.63, 3.8) is 0 Å². The summed E-state index contributed by atoms with van der Waals surface area (Å²) in [5.74, 6) is -1.00. The number of rotatable bonds is 2. The Morgan fingerprint density at radius 1 is 1.57 bits per heavy atom. The van der Waals surface area contributed by atoms with Crippen molar-refractivity contribution in [3.8, 4) is 0 Å². The first-order chi connectivity index (χ1) is 6.43. The average molecular weight is 288 g/mol. The molecule has 0 aliphatic heterocycles. The van der Waals surface area contributed by atoms with E-state index in [0.29, 0.717) is 6.07 Å². The summed E-state index contributed by atoms with van der Waals surface area (Å²) in [6, 6.07) is 0.686. The predicted molar refractivity (Wildman–Crippen MR) is 47.0 cm³/mol. The van der Waals surface area contributed by atoms with Gasteiger partial charge < -0.3 is 0 Å². The number of hydrogen-bond acceptors (Lipinski definition) is 2.